The average molecular weight is 161 g/mol. The maximum atomic E-state index is 4.08. The molecule has 0 fully saturated rings. The fraction of sp³-hybridized carbons (Fsp3) is 0.143. The van der Waals surface area contributed by atoms with E-state index in [1.54, 1.807) is 13.2 Å². The van der Waals surface area contributed by atoms with Gasteiger partial charge >= 0.3 is 0 Å². The molecule has 0 bridgehead atoms. The predicted octanol–water partition coefficient (Wildman–Crippen LogP) is 0.272. The Labute approximate surface area is 69.1 Å². The molecule has 0 amide bonds. The molecule has 12 heavy (non-hydrogen) atoms. The highest BCUT2D eigenvalue weighted by atomic mass is 15.6. The summed E-state index contributed by atoms with van der Waals surface area (Å²) in [4.78, 5) is 5.49. The van der Waals surface area contributed by atoms with Crippen LogP contribution in [0.4, 0.5) is 0 Å². The number of hydrogen-bond donors (Lipinski definition) is 0. The summed E-state index contributed by atoms with van der Waals surface area (Å²) in [5.74, 6) is 0.554. The van der Waals surface area contributed by atoms with E-state index < -0.39 is 0 Å². The standard InChI is InChI=1S/C7H7N5/c1-12-10-7(9-11-12)6-4-2-3-5-8-6/h2-5H,1H3. The number of aromatic nitrogens is 5. The summed E-state index contributed by atoms with van der Waals surface area (Å²) in [6.07, 6.45) is 1.70. The van der Waals surface area contributed by atoms with Gasteiger partial charge in [-0.2, -0.15) is 4.80 Å². The van der Waals surface area contributed by atoms with E-state index in [2.05, 4.69) is 20.4 Å². The second kappa shape index (κ2) is 2.69. The van der Waals surface area contributed by atoms with Gasteiger partial charge in [-0.15, -0.1) is 10.2 Å². The van der Waals surface area contributed by atoms with Crippen molar-refractivity contribution in [3.05, 3.63) is 24.4 Å². The minimum absolute atomic E-state index is 0.554. The Morgan fingerprint density at radius 3 is 2.83 bits per heavy atom. The highest BCUT2D eigenvalue weighted by Gasteiger charge is 2.02. The van der Waals surface area contributed by atoms with Crippen LogP contribution in [0.1, 0.15) is 0 Å². The van der Waals surface area contributed by atoms with Crippen LogP contribution in [0.15, 0.2) is 24.4 Å². The fourth-order valence-electron chi connectivity index (χ4n) is 0.882. The normalized spacial score (nSPS) is 10.1. The molecule has 0 unspecified atom stereocenters. The second-order valence-corrected chi connectivity index (χ2v) is 2.32. The van der Waals surface area contributed by atoms with Gasteiger partial charge in [0.1, 0.15) is 5.69 Å². The monoisotopic (exact) mass is 161 g/mol. The smallest absolute Gasteiger partial charge is 0.223 e. The largest absolute Gasteiger partial charge is 0.253 e. The second-order valence-electron chi connectivity index (χ2n) is 2.32. The van der Waals surface area contributed by atoms with Crippen LogP contribution in [-0.4, -0.2) is 25.2 Å². The van der Waals surface area contributed by atoms with Gasteiger partial charge in [0, 0.05) is 6.20 Å². The lowest BCUT2D eigenvalue weighted by atomic mass is 10.3. The summed E-state index contributed by atoms with van der Waals surface area (Å²) < 4.78 is 0. The first kappa shape index (κ1) is 6.90. The molecule has 2 heterocycles. The molecule has 0 aliphatic heterocycles. The molecular formula is C7H7N5. The first-order valence-corrected chi connectivity index (χ1v) is 3.51. The van der Waals surface area contributed by atoms with Crippen molar-refractivity contribution >= 4 is 0 Å². The highest BCUT2D eigenvalue weighted by molar-refractivity contribution is 5.46. The molecule has 5 nitrogen and oxygen atoms in total. The number of pyridine rings is 1. The molecular weight excluding hydrogens is 154 g/mol. The first-order valence-electron chi connectivity index (χ1n) is 3.51. The van der Waals surface area contributed by atoms with Crippen LogP contribution in [0.5, 0.6) is 0 Å². The third-order valence-corrected chi connectivity index (χ3v) is 1.40. The maximum absolute atomic E-state index is 4.08. The van der Waals surface area contributed by atoms with E-state index in [1.807, 2.05) is 18.2 Å². The molecule has 0 radical (unpaired) electrons. The fourth-order valence-corrected chi connectivity index (χ4v) is 0.882. The first-order chi connectivity index (χ1) is 5.86. The Balaban J connectivity index is 2.45. The van der Waals surface area contributed by atoms with E-state index in [1.165, 1.54) is 4.80 Å². The van der Waals surface area contributed by atoms with Crippen molar-refractivity contribution in [2.24, 2.45) is 7.05 Å². The number of nitrogens with zero attached hydrogens (tertiary/aromatic N) is 5. The van der Waals surface area contributed by atoms with Crippen LogP contribution in [0.2, 0.25) is 0 Å². The summed E-state index contributed by atoms with van der Waals surface area (Å²) in [5.41, 5.74) is 0.741. The Morgan fingerprint density at radius 2 is 2.25 bits per heavy atom. The molecule has 2 aromatic heterocycles. The van der Waals surface area contributed by atoms with Gasteiger partial charge in [0.25, 0.3) is 0 Å². The number of aryl methyl sites for hydroxylation is 1. The van der Waals surface area contributed by atoms with Gasteiger partial charge < -0.3 is 0 Å². The Hall–Kier alpha value is -1.78. The molecule has 2 aromatic rings. The topological polar surface area (TPSA) is 56.5 Å². The SMILES string of the molecule is Cn1nnc(-c2ccccn2)n1. The van der Waals surface area contributed by atoms with Crippen molar-refractivity contribution in [3.8, 4) is 11.5 Å². The third-order valence-electron chi connectivity index (χ3n) is 1.40. The summed E-state index contributed by atoms with van der Waals surface area (Å²) in [7, 11) is 1.72. The molecule has 0 aromatic carbocycles. The summed E-state index contributed by atoms with van der Waals surface area (Å²) in [6, 6.07) is 5.58. The van der Waals surface area contributed by atoms with Crippen molar-refractivity contribution in [1.29, 1.82) is 0 Å². The van der Waals surface area contributed by atoms with Gasteiger partial charge in [0.15, 0.2) is 0 Å². The molecule has 60 valence electrons. The van der Waals surface area contributed by atoms with E-state index >= 15 is 0 Å². The van der Waals surface area contributed by atoms with Crippen LogP contribution in [0, 0.1) is 0 Å². The molecule has 0 aliphatic rings. The molecule has 0 atom stereocenters. The third kappa shape index (κ3) is 1.16. The molecule has 0 spiro atoms. The van der Waals surface area contributed by atoms with E-state index in [4.69, 9.17) is 0 Å². The van der Waals surface area contributed by atoms with Crippen LogP contribution >= 0.6 is 0 Å². The van der Waals surface area contributed by atoms with Gasteiger partial charge in [0.2, 0.25) is 5.82 Å². The predicted molar refractivity (Wildman–Crippen MR) is 42.0 cm³/mol. The number of tetrazole rings is 1. The molecule has 5 heteroatoms. The lowest BCUT2D eigenvalue weighted by Crippen LogP contribution is -1.92. The van der Waals surface area contributed by atoms with Crippen LogP contribution in [0.3, 0.4) is 0 Å². The minimum atomic E-state index is 0.554. The van der Waals surface area contributed by atoms with E-state index in [-0.39, 0.29) is 0 Å². The molecule has 0 N–H and O–H groups in total. The van der Waals surface area contributed by atoms with Crippen molar-refractivity contribution in [3.63, 3.8) is 0 Å². The van der Waals surface area contributed by atoms with Crippen LogP contribution in [0.25, 0.3) is 11.5 Å². The summed E-state index contributed by atoms with van der Waals surface area (Å²) >= 11 is 0. The van der Waals surface area contributed by atoms with Crippen molar-refractivity contribution in [2.75, 3.05) is 0 Å². The van der Waals surface area contributed by atoms with Crippen LogP contribution in [-0.2, 0) is 7.05 Å². The Bertz CT molecular complexity index is 366. The number of hydrogen-bond acceptors (Lipinski definition) is 4. The maximum Gasteiger partial charge on any atom is 0.223 e. The molecule has 2 rings (SSSR count). The molecule has 0 saturated heterocycles. The van der Waals surface area contributed by atoms with E-state index in [0.29, 0.717) is 5.82 Å². The molecule has 0 saturated carbocycles. The quantitative estimate of drug-likeness (QED) is 0.602. The van der Waals surface area contributed by atoms with Gasteiger partial charge in [-0.1, -0.05) is 6.07 Å². The highest BCUT2D eigenvalue weighted by Crippen LogP contribution is 2.06. The lowest BCUT2D eigenvalue weighted by molar-refractivity contribution is 0.630. The Kier molecular flexibility index (Phi) is 1.55. The summed E-state index contributed by atoms with van der Waals surface area (Å²) in [5, 5.41) is 11.5. The number of rotatable bonds is 1. The van der Waals surface area contributed by atoms with Gasteiger partial charge in [-0.25, -0.2) is 0 Å². The van der Waals surface area contributed by atoms with Crippen molar-refractivity contribution in [2.45, 2.75) is 0 Å². The zero-order valence-electron chi connectivity index (χ0n) is 6.55. The molecule has 0 aliphatic carbocycles. The Morgan fingerprint density at radius 1 is 1.33 bits per heavy atom. The lowest BCUT2D eigenvalue weighted by Gasteiger charge is -1.89. The van der Waals surface area contributed by atoms with Crippen molar-refractivity contribution in [1.82, 2.24) is 25.2 Å². The zero-order valence-corrected chi connectivity index (χ0v) is 6.55. The minimum Gasteiger partial charge on any atom is -0.253 e. The van der Waals surface area contributed by atoms with Gasteiger partial charge in [0.05, 0.1) is 7.05 Å². The van der Waals surface area contributed by atoms with E-state index in [9.17, 15) is 0 Å². The average Bonchev–Trinajstić information content (AvgIpc) is 2.54. The summed E-state index contributed by atoms with van der Waals surface area (Å²) in [6.45, 7) is 0. The van der Waals surface area contributed by atoms with Gasteiger partial charge in [-0.05, 0) is 17.3 Å². The van der Waals surface area contributed by atoms with Gasteiger partial charge in [-0.3, -0.25) is 4.98 Å². The van der Waals surface area contributed by atoms with Crippen molar-refractivity contribution < 1.29 is 0 Å². The zero-order chi connectivity index (χ0) is 8.39. The van der Waals surface area contributed by atoms with E-state index in [0.717, 1.165) is 5.69 Å². The van der Waals surface area contributed by atoms with Crippen LogP contribution < -0.4 is 0 Å².